The minimum Gasteiger partial charge on any atom is -0.360 e. The van der Waals surface area contributed by atoms with Gasteiger partial charge in [0.2, 0.25) is 5.95 Å². The fourth-order valence-electron chi connectivity index (χ4n) is 3.98. The number of piperazine rings is 1. The van der Waals surface area contributed by atoms with Crippen LogP contribution in [-0.4, -0.2) is 52.2 Å². The van der Waals surface area contributed by atoms with Crippen LogP contribution in [0.5, 0.6) is 0 Å². The molecule has 154 valence electrons. The lowest BCUT2D eigenvalue weighted by Gasteiger charge is -2.35. The summed E-state index contributed by atoms with van der Waals surface area (Å²) in [4.78, 5) is 30.3. The Morgan fingerprint density at radius 1 is 0.967 bits per heavy atom. The second kappa shape index (κ2) is 8.10. The van der Waals surface area contributed by atoms with Crippen molar-refractivity contribution in [1.82, 2.24) is 20.1 Å². The van der Waals surface area contributed by atoms with Crippen molar-refractivity contribution in [1.29, 1.82) is 0 Å². The molecule has 0 atom stereocenters. The van der Waals surface area contributed by atoms with Gasteiger partial charge in [0.15, 0.2) is 5.69 Å². The zero-order valence-corrected chi connectivity index (χ0v) is 16.6. The molecular weight excluding hydrogens is 382 g/mol. The van der Waals surface area contributed by atoms with Crippen molar-refractivity contribution in [2.24, 2.45) is 0 Å². The molecule has 1 fully saturated rings. The Bertz CT molecular complexity index is 1010. The van der Waals surface area contributed by atoms with E-state index in [0.29, 0.717) is 17.3 Å². The van der Waals surface area contributed by atoms with E-state index in [-0.39, 0.29) is 5.91 Å². The standard InChI is InChI=1S/C21H23N7O2/c29-20(19-16-5-1-2-6-17(16)30-26-19)25-15-13-23-21(24-14-15)28-11-9-27(10-12-28)18-7-3-4-8-22-18/h3-4,7-8,13-14H,1-2,5-6,9-12H2,(H,25,29). The van der Waals surface area contributed by atoms with Gasteiger partial charge in [-0.05, 0) is 31.4 Å². The molecule has 30 heavy (non-hydrogen) atoms. The SMILES string of the molecule is O=C(Nc1cnc(N2CCN(c3ccccn3)CC2)nc1)c1noc2c1CCCC2. The molecule has 0 unspecified atom stereocenters. The lowest BCUT2D eigenvalue weighted by molar-refractivity contribution is 0.101. The summed E-state index contributed by atoms with van der Waals surface area (Å²) in [6, 6.07) is 5.95. The first kappa shape index (κ1) is 18.5. The van der Waals surface area contributed by atoms with E-state index < -0.39 is 0 Å². The Hall–Kier alpha value is -3.49. The van der Waals surface area contributed by atoms with Crippen molar-refractivity contribution in [3.63, 3.8) is 0 Å². The normalized spacial score (nSPS) is 16.3. The number of hydrogen-bond acceptors (Lipinski definition) is 8. The van der Waals surface area contributed by atoms with Gasteiger partial charge in [-0.1, -0.05) is 11.2 Å². The van der Waals surface area contributed by atoms with E-state index in [1.165, 1.54) is 0 Å². The number of aromatic nitrogens is 4. The number of nitrogens with one attached hydrogen (secondary N) is 1. The smallest absolute Gasteiger partial charge is 0.278 e. The predicted octanol–water partition coefficient (Wildman–Crippen LogP) is 2.32. The highest BCUT2D eigenvalue weighted by atomic mass is 16.5. The molecule has 1 aliphatic carbocycles. The van der Waals surface area contributed by atoms with E-state index in [2.05, 4.69) is 35.2 Å². The predicted molar refractivity (Wildman–Crippen MR) is 112 cm³/mol. The van der Waals surface area contributed by atoms with E-state index >= 15 is 0 Å². The van der Waals surface area contributed by atoms with Crippen molar-refractivity contribution in [2.75, 3.05) is 41.3 Å². The van der Waals surface area contributed by atoms with Gasteiger partial charge in [-0.15, -0.1) is 0 Å². The van der Waals surface area contributed by atoms with Crippen LogP contribution in [-0.2, 0) is 12.8 Å². The summed E-state index contributed by atoms with van der Waals surface area (Å²) in [6.45, 7) is 3.34. The average molecular weight is 405 g/mol. The maximum atomic E-state index is 12.6. The summed E-state index contributed by atoms with van der Waals surface area (Å²) in [5, 5.41) is 6.80. The number of amides is 1. The molecule has 0 aromatic carbocycles. The first-order valence-corrected chi connectivity index (χ1v) is 10.3. The first-order chi connectivity index (χ1) is 14.8. The van der Waals surface area contributed by atoms with Gasteiger partial charge < -0.3 is 19.6 Å². The molecule has 1 N–H and O–H groups in total. The number of carbonyl (C=O) groups excluding carboxylic acids is 1. The molecule has 9 nitrogen and oxygen atoms in total. The van der Waals surface area contributed by atoms with Gasteiger partial charge in [0.25, 0.3) is 5.91 Å². The Balaban J connectivity index is 1.20. The molecule has 9 heteroatoms. The fraction of sp³-hybridized carbons (Fsp3) is 0.381. The number of rotatable bonds is 4. The van der Waals surface area contributed by atoms with Crippen LogP contribution in [0.4, 0.5) is 17.5 Å². The maximum absolute atomic E-state index is 12.6. The molecule has 2 aliphatic rings. The van der Waals surface area contributed by atoms with Crippen LogP contribution in [0.15, 0.2) is 41.3 Å². The van der Waals surface area contributed by atoms with Gasteiger partial charge in [0.05, 0.1) is 18.1 Å². The van der Waals surface area contributed by atoms with Crippen LogP contribution in [0.2, 0.25) is 0 Å². The van der Waals surface area contributed by atoms with Crippen LogP contribution >= 0.6 is 0 Å². The molecule has 0 bridgehead atoms. The zero-order chi connectivity index (χ0) is 20.3. The van der Waals surface area contributed by atoms with Crippen molar-refractivity contribution < 1.29 is 9.32 Å². The van der Waals surface area contributed by atoms with Crippen LogP contribution in [0, 0.1) is 0 Å². The third kappa shape index (κ3) is 3.70. The summed E-state index contributed by atoms with van der Waals surface area (Å²) >= 11 is 0. The topological polar surface area (TPSA) is 100 Å². The summed E-state index contributed by atoms with van der Waals surface area (Å²) in [6.07, 6.45) is 8.90. The molecule has 0 saturated carbocycles. The third-order valence-electron chi connectivity index (χ3n) is 5.60. The van der Waals surface area contributed by atoms with E-state index in [4.69, 9.17) is 4.52 Å². The monoisotopic (exact) mass is 405 g/mol. The number of hydrogen-bond donors (Lipinski definition) is 1. The van der Waals surface area contributed by atoms with Gasteiger partial charge in [-0.25, -0.2) is 15.0 Å². The number of aryl methyl sites for hydroxylation is 1. The van der Waals surface area contributed by atoms with Gasteiger partial charge in [0.1, 0.15) is 11.6 Å². The highest BCUT2D eigenvalue weighted by Gasteiger charge is 2.24. The minimum atomic E-state index is -0.276. The minimum absolute atomic E-state index is 0.276. The summed E-state index contributed by atoms with van der Waals surface area (Å²) < 4.78 is 5.33. The largest absolute Gasteiger partial charge is 0.360 e. The highest BCUT2D eigenvalue weighted by molar-refractivity contribution is 6.03. The number of carbonyl (C=O) groups is 1. The quantitative estimate of drug-likeness (QED) is 0.706. The van der Waals surface area contributed by atoms with Gasteiger partial charge in [-0.3, -0.25) is 4.79 Å². The van der Waals surface area contributed by atoms with E-state index in [1.54, 1.807) is 12.4 Å². The molecule has 4 heterocycles. The average Bonchev–Trinajstić information content (AvgIpc) is 3.25. The molecule has 0 spiro atoms. The molecule has 0 radical (unpaired) electrons. The molecule has 1 saturated heterocycles. The molecule has 1 amide bonds. The third-order valence-corrected chi connectivity index (χ3v) is 5.60. The Morgan fingerprint density at radius 2 is 1.73 bits per heavy atom. The van der Waals surface area contributed by atoms with Crippen LogP contribution in [0.1, 0.15) is 34.7 Å². The number of fused-ring (bicyclic) bond motifs is 1. The Morgan fingerprint density at radius 3 is 2.50 bits per heavy atom. The van der Waals surface area contributed by atoms with Gasteiger partial charge >= 0.3 is 0 Å². The number of nitrogens with zero attached hydrogens (tertiary/aromatic N) is 6. The Kier molecular flexibility index (Phi) is 5.00. The van der Waals surface area contributed by atoms with Crippen molar-refractivity contribution in [3.05, 3.63) is 53.8 Å². The maximum Gasteiger partial charge on any atom is 0.278 e. The lowest BCUT2D eigenvalue weighted by atomic mass is 9.96. The molecular formula is C21H23N7O2. The Labute approximate surface area is 174 Å². The molecule has 3 aromatic rings. The molecule has 5 rings (SSSR count). The summed E-state index contributed by atoms with van der Waals surface area (Å²) in [5.41, 5.74) is 1.85. The molecule has 3 aromatic heterocycles. The summed E-state index contributed by atoms with van der Waals surface area (Å²) in [5.74, 6) is 2.21. The van der Waals surface area contributed by atoms with Crippen molar-refractivity contribution in [2.45, 2.75) is 25.7 Å². The number of anilines is 3. The van der Waals surface area contributed by atoms with Crippen molar-refractivity contribution in [3.8, 4) is 0 Å². The van der Waals surface area contributed by atoms with E-state index in [9.17, 15) is 4.79 Å². The zero-order valence-electron chi connectivity index (χ0n) is 16.6. The first-order valence-electron chi connectivity index (χ1n) is 10.3. The van der Waals surface area contributed by atoms with Gasteiger partial charge in [0, 0.05) is 44.4 Å². The van der Waals surface area contributed by atoms with Crippen LogP contribution in [0.3, 0.4) is 0 Å². The second-order valence-corrected chi connectivity index (χ2v) is 7.53. The second-order valence-electron chi connectivity index (χ2n) is 7.53. The number of pyridine rings is 1. The molecule has 1 aliphatic heterocycles. The van der Waals surface area contributed by atoms with Crippen molar-refractivity contribution >= 4 is 23.4 Å². The van der Waals surface area contributed by atoms with E-state index in [1.807, 2.05) is 24.4 Å². The van der Waals surface area contributed by atoms with Crippen LogP contribution in [0.25, 0.3) is 0 Å². The van der Waals surface area contributed by atoms with Crippen LogP contribution < -0.4 is 15.1 Å². The van der Waals surface area contributed by atoms with Gasteiger partial charge in [-0.2, -0.15) is 0 Å². The fourth-order valence-corrected chi connectivity index (χ4v) is 3.98. The lowest BCUT2D eigenvalue weighted by Crippen LogP contribution is -2.47. The van der Waals surface area contributed by atoms with E-state index in [0.717, 1.165) is 69.0 Å². The summed E-state index contributed by atoms with van der Waals surface area (Å²) in [7, 11) is 0. The highest BCUT2D eigenvalue weighted by Crippen LogP contribution is 2.25.